The molecule has 1 atom stereocenters. The molecule has 1 unspecified atom stereocenters. The summed E-state index contributed by atoms with van der Waals surface area (Å²) in [5.74, 6) is -0.0707. The van der Waals surface area contributed by atoms with Crippen LogP contribution < -0.4 is 10.6 Å². The van der Waals surface area contributed by atoms with Crippen molar-refractivity contribution in [1.29, 1.82) is 5.26 Å². The van der Waals surface area contributed by atoms with E-state index in [1.807, 2.05) is 14.1 Å². The number of nitriles is 1. The zero-order chi connectivity index (χ0) is 14.9. The zero-order valence-electron chi connectivity index (χ0n) is 12.1. The number of nitrogens with two attached hydrogens (primary N) is 1. The van der Waals surface area contributed by atoms with Gasteiger partial charge in [-0.15, -0.1) is 11.3 Å². The average molecular weight is 292 g/mol. The van der Waals surface area contributed by atoms with E-state index in [1.165, 1.54) is 18.3 Å². The summed E-state index contributed by atoms with van der Waals surface area (Å²) in [7, 11) is 4.09. The van der Waals surface area contributed by atoms with E-state index in [4.69, 9.17) is 5.73 Å². The molecule has 6 heteroatoms. The third kappa shape index (κ3) is 2.65. The van der Waals surface area contributed by atoms with E-state index in [-0.39, 0.29) is 5.78 Å². The molecule has 0 aromatic carbocycles. The minimum atomic E-state index is -0.0707. The smallest absolute Gasteiger partial charge is 0.171 e. The first-order valence-corrected chi connectivity index (χ1v) is 7.52. The molecule has 2 rings (SSSR count). The first-order chi connectivity index (χ1) is 9.45. The van der Waals surface area contributed by atoms with Crippen molar-refractivity contribution in [2.45, 2.75) is 25.8 Å². The molecule has 2 N–H and O–H groups in total. The van der Waals surface area contributed by atoms with Gasteiger partial charge < -0.3 is 15.5 Å². The Morgan fingerprint density at radius 3 is 2.85 bits per heavy atom. The van der Waals surface area contributed by atoms with E-state index in [0.29, 0.717) is 22.2 Å². The number of anilines is 2. The van der Waals surface area contributed by atoms with Gasteiger partial charge in [-0.2, -0.15) is 5.26 Å². The molecule has 108 valence electrons. The molecule has 20 heavy (non-hydrogen) atoms. The fourth-order valence-electron chi connectivity index (χ4n) is 2.72. The summed E-state index contributed by atoms with van der Waals surface area (Å²) in [6, 6.07) is 2.55. The van der Waals surface area contributed by atoms with Crippen LogP contribution in [0.2, 0.25) is 0 Å². The van der Waals surface area contributed by atoms with Crippen LogP contribution in [-0.4, -0.2) is 43.9 Å². The summed E-state index contributed by atoms with van der Waals surface area (Å²) in [6.45, 7) is 3.36. The fourth-order valence-corrected chi connectivity index (χ4v) is 3.88. The highest BCUT2D eigenvalue weighted by atomic mass is 32.1. The van der Waals surface area contributed by atoms with E-state index in [0.717, 1.165) is 30.9 Å². The van der Waals surface area contributed by atoms with Crippen molar-refractivity contribution >= 4 is 27.8 Å². The van der Waals surface area contributed by atoms with Gasteiger partial charge in [0, 0.05) is 26.1 Å². The molecule has 2 heterocycles. The van der Waals surface area contributed by atoms with Crippen LogP contribution in [0.25, 0.3) is 0 Å². The number of thiophene rings is 1. The van der Waals surface area contributed by atoms with Crippen LogP contribution in [0.5, 0.6) is 0 Å². The van der Waals surface area contributed by atoms with Gasteiger partial charge in [0.05, 0.1) is 10.6 Å². The first kappa shape index (κ1) is 14.8. The second-order valence-corrected chi connectivity index (χ2v) is 6.44. The Labute approximate surface area is 123 Å². The summed E-state index contributed by atoms with van der Waals surface area (Å²) in [6.07, 6.45) is 2.22. The normalized spacial score (nSPS) is 18.6. The van der Waals surface area contributed by atoms with Crippen molar-refractivity contribution in [2.24, 2.45) is 0 Å². The Balaban J connectivity index is 2.39. The van der Waals surface area contributed by atoms with Crippen LogP contribution in [0, 0.1) is 11.3 Å². The lowest BCUT2D eigenvalue weighted by Gasteiger charge is -2.28. The van der Waals surface area contributed by atoms with Crippen molar-refractivity contribution in [3.8, 4) is 6.07 Å². The van der Waals surface area contributed by atoms with Gasteiger partial charge in [-0.25, -0.2) is 0 Å². The van der Waals surface area contributed by atoms with E-state index in [2.05, 4.69) is 15.9 Å². The maximum Gasteiger partial charge on any atom is 0.171 e. The lowest BCUT2D eigenvalue weighted by molar-refractivity contribution is 0.102. The van der Waals surface area contributed by atoms with E-state index < -0.39 is 0 Å². The molecule has 0 saturated carbocycles. The molecule has 1 aliphatic heterocycles. The summed E-state index contributed by atoms with van der Waals surface area (Å²) in [4.78, 5) is 16.5. The molecule has 1 fully saturated rings. The number of hydrogen-bond acceptors (Lipinski definition) is 6. The molecule has 0 aliphatic carbocycles. The Kier molecular flexibility index (Phi) is 4.31. The predicted octanol–water partition coefficient (Wildman–Crippen LogP) is 1.93. The Morgan fingerprint density at radius 2 is 2.30 bits per heavy atom. The van der Waals surface area contributed by atoms with Crippen LogP contribution in [0.1, 0.15) is 35.0 Å². The number of carbonyl (C=O) groups excluding carboxylic acids is 1. The maximum absolute atomic E-state index is 11.6. The Morgan fingerprint density at radius 1 is 1.60 bits per heavy atom. The number of likely N-dealkylation sites (N-methyl/N-ethyl adjacent to an activating group) is 1. The third-order valence-electron chi connectivity index (χ3n) is 3.57. The third-order valence-corrected chi connectivity index (χ3v) is 4.92. The molecule has 1 aromatic rings. The molecular formula is C14H20N4OS. The Hall–Kier alpha value is -1.58. The maximum atomic E-state index is 11.6. The van der Waals surface area contributed by atoms with Gasteiger partial charge in [0.2, 0.25) is 0 Å². The number of Topliss-reactive ketones (excluding diaryl/α,β-unsaturated/α-hetero) is 1. The van der Waals surface area contributed by atoms with E-state index in [1.54, 1.807) is 0 Å². The summed E-state index contributed by atoms with van der Waals surface area (Å²) in [5.41, 5.74) is 6.77. The molecule has 1 aliphatic rings. The van der Waals surface area contributed by atoms with Gasteiger partial charge in [-0.3, -0.25) is 4.79 Å². The minimum Gasteiger partial charge on any atom is -0.396 e. The standard InChI is InChI=1S/C14H20N4OS/c1-9(19)13-12(16)11(7-15)14(20-13)18-6-4-5-10(18)8-17(2)3/h10H,4-6,8,16H2,1-3H3. The van der Waals surface area contributed by atoms with Gasteiger partial charge in [0.1, 0.15) is 16.6 Å². The molecule has 5 nitrogen and oxygen atoms in total. The van der Waals surface area contributed by atoms with Gasteiger partial charge in [-0.1, -0.05) is 0 Å². The molecule has 0 amide bonds. The first-order valence-electron chi connectivity index (χ1n) is 6.70. The summed E-state index contributed by atoms with van der Waals surface area (Å²) in [5, 5.41) is 10.2. The fraction of sp³-hybridized carbons (Fsp3) is 0.571. The van der Waals surface area contributed by atoms with Crippen LogP contribution in [0.15, 0.2) is 0 Å². The topological polar surface area (TPSA) is 73.4 Å². The molecule has 0 bridgehead atoms. The lowest BCUT2D eigenvalue weighted by atomic mass is 10.2. The molecule has 0 spiro atoms. The van der Waals surface area contributed by atoms with E-state index >= 15 is 0 Å². The predicted molar refractivity (Wildman–Crippen MR) is 82.4 cm³/mol. The number of nitrogen functional groups attached to an aromatic ring is 1. The highest BCUT2D eigenvalue weighted by molar-refractivity contribution is 7.19. The van der Waals surface area contributed by atoms with Crippen molar-refractivity contribution in [3.63, 3.8) is 0 Å². The molecule has 0 radical (unpaired) electrons. The van der Waals surface area contributed by atoms with Crippen LogP contribution in [0.4, 0.5) is 10.7 Å². The number of hydrogen-bond donors (Lipinski definition) is 1. The number of rotatable bonds is 4. The van der Waals surface area contributed by atoms with Gasteiger partial charge in [0.25, 0.3) is 0 Å². The highest BCUT2D eigenvalue weighted by Crippen LogP contribution is 2.41. The number of carbonyl (C=O) groups is 1. The van der Waals surface area contributed by atoms with Crippen molar-refractivity contribution < 1.29 is 4.79 Å². The van der Waals surface area contributed by atoms with Gasteiger partial charge >= 0.3 is 0 Å². The SMILES string of the molecule is CC(=O)c1sc(N2CCCC2CN(C)C)c(C#N)c1N. The molecule has 1 saturated heterocycles. The van der Waals surface area contributed by atoms with Crippen molar-refractivity contribution in [2.75, 3.05) is 37.8 Å². The number of nitrogens with zero attached hydrogens (tertiary/aromatic N) is 3. The molecule has 1 aromatic heterocycles. The summed E-state index contributed by atoms with van der Waals surface area (Å²) >= 11 is 1.36. The second-order valence-electron chi connectivity index (χ2n) is 5.44. The quantitative estimate of drug-likeness (QED) is 0.858. The monoisotopic (exact) mass is 292 g/mol. The lowest BCUT2D eigenvalue weighted by Crippen LogP contribution is -2.37. The van der Waals surface area contributed by atoms with Crippen molar-refractivity contribution in [1.82, 2.24) is 4.90 Å². The minimum absolute atomic E-state index is 0.0707. The van der Waals surface area contributed by atoms with Crippen LogP contribution in [-0.2, 0) is 0 Å². The molecular weight excluding hydrogens is 272 g/mol. The van der Waals surface area contributed by atoms with Gasteiger partial charge in [0.15, 0.2) is 5.78 Å². The van der Waals surface area contributed by atoms with E-state index in [9.17, 15) is 10.1 Å². The highest BCUT2D eigenvalue weighted by Gasteiger charge is 2.30. The summed E-state index contributed by atoms with van der Waals surface area (Å²) < 4.78 is 0. The average Bonchev–Trinajstić information content (AvgIpc) is 2.92. The van der Waals surface area contributed by atoms with Crippen molar-refractivity contribution in [3.05, 3.63) is 10.4 Å². The zero-order valence-corrected chi connectivity index (χ0v) is 13.0. The Bertz CT molecular complexity index is 558. The second kappa shape index (κ2) is 5.81. The van der Waals surface area contributed by atoms with Gasteiger partial charge in [-0.05, 0) is 26.9 Å². The van der Waals surface area contributed by atoms with Crippen LogP contribution >= 0.6 is 11.3 Å². The van der Waals surface area contributed by atoms with Crippen LogP contribution in [0.3, 0.4) is 0 Å². The largest absolute Gasteiger partial charge is 0.396 e. The number of ketones is 1.